The van der Waals surface area contributed by atoms with Crippen LogP contribution in [0.15, 0.2) is 0 Å². The molecule has 0 aliphatic carbocycles. The largest absolute Gasteiger partial charge is 1.00 e. The fourth-order valence-corrected chi connectivity index (χ4v) is 1.27. The zero-order valence-corrected chi connectivity index (χ0v) is 10.9. The van der Waals surface area contributed by atoms with E-state index in [2.05, 4.69) is 0 Å². The summed E-state index contributed by atoms with van der Waals surface area (Å²) >= 11 is 0. The van der Waals surface area contributed by atoms with Gasteiger partial charge >= 0.3 is 70.2 Å². The van der Waals surface area contributed by atoms with E-state index < -0.39 is 38.4 Å². The van der Waals surface area contributed by atoms with Gasteiger partial charge in [-0.05, 0) is 6.44 Å². The van der Waals surface area contributed by atoms with Gasteiger partial charge < -0.3 is 17.8 Å². The number of rotatable bonds is 2. The molecule has 0 aromatic carbocycles. The van der Waals surface area contributed by atoms with Crippen molar-refractivity contribution in [2.75, 3.05) is 19.5 Å². The molecule has 0 bridgehead atoms. The summed E-state index contributed by atoms with van der Waals surface area (Å²) < 4.78 is 84.8. The van der Waals surface area contributed by atoms with Gasteiger partial charge in [-0.25, -0.2) is 0 Å². The van der Waals surface area contributed by atoms with E-state index in [0.29, 0.717) is 0 Å². The molecule has 0 atom stereocenters. The second-order valence-electron chi connectivity index (χ2n) is 3.29. The average molecular weight is 263 g/mol. The van der Waals surface area contributed by atoms with E-state index in [-0.39, 0.29) is 56.3 Å². The van der Waals surface area contributed by atoms with Gasteiger partial charge in [-0.2, -0.15) is 17.6 Å². The Morgan fingerprint density at radius 3 is 1.53 bits per heavy atom. The quantitative estimate of drug-likeness (QED) is 0.454. The van der Waals surface area contributed by atoms with E-state index in [1.165, 1.54) is 0 Å². The minimum atomic E-state index is -5.35. The minimum absolute atomic E-state index is 0. The van der Waals surface area contributed by atoms with Gasteiger partial charge in [0.2, 0.25) is 0 Å². The SMILES string of the molecule is F[B-](F)(F)CN1CC(F)(F)C(F)(F)C1.[K+]. The number of likely N-dealkylation sites (tertiary alicyclic amines) is 1. The first-order valence-corrected chi connectivity index (χ1v) is 3.72. The van der Waals surface area contributed by atoms with E-state index in [4.69, 9.17) is 0 Å². The summed E-state index contributed by atoms with van der Waals surface area (Å²) in [5.74, 6) is -8.73. The Morgan fingerprint density at radius 2 is 1.27 bits per heavy atom. The first kappa shape index (κ1) is 16.2. The second kappa shape index (κ2) is 4.81. The molecule has 0 aromatic heterocycles. The van der Waals surface area contributed by atoms with Gasteiger partial charge in [-0.1, -0.05) is 0 Å². The van der Waals surface area contributed by atoms with Gasteiger partial charge in [-0.3, -0.25) is 0 Å². The smallest absolute Gasteiger partial charge is 0.448 e. The van der Waals surface area contributed by atoms with Crippen LogP contribution in [-0.4, -0.2) is 43.3 Å². The van der Waals surface area contributed by atoms with Crippen molar-refractivity contribution in [2.24, 2.45) is 0 Å². The molecular formula is C5H6BF7KN. The van der Waals surface area contributed by atoms with Crippen LogP contribution in [0.4, 0.5) is 30.5 Å². The van der Waals surface area contributed by atoms with Gasteiger partial charge in [0.05, 0.1) is 13.1 Å². The summed E-state index contributed by atoms with van der Waals surface area (Å²) in [6.07, 6.45) is -1.68. The first-order valence-electron chi connectivity index (χ1n) is 3.72. The monoisotopic (exact) mass is 263 g/mol. The summed E-state index contributed by atoms with van der Waals surface area (Å²) in [4.78, 5) is 0.0278. The Labute approximate surface area is 124 Å². The molecule has 10 heteroatoms. The van der Waals surface area contributed by atoms with Gasteiger partial charge in [0.15, 0.2) is 0 Å². The first-order chi connectivity index (χ1) is 6.04. The third-order valence-electron chi connectivity index (χ3n) is 1.84. The van der Waals surface area contributed by atoms with E-state index >= 15 is 0 Å². The van der Waals surface area contributed by atoms with Gasteiger partial charge in [0.1, 0.15) is 0 Å². The van der Waals surface area contributed by atoms with Crippen molar-refractivity contribution in [3.05, 3.63) is 0 Å². The molecule has 1 fully saturated rings. The van der Waals surface area contributed by atoms with E-state index in [1.807, 2.05) is 0 Å². The van der Waals surface area contributed by atoms with Gasteiger partial charge in [-0.15, -0.1) is 0 Å². The van der Waals surface area contributed by atoms with Crippen LogP contribution in [0.25, 0.3) is 0 Å². The summed E-state index contributed by atoms with van der Waals surface area (Å²) in [6, 6.07) is 0. The van der Waals surface area contributed by atoms with Crippen molar-refractivity contribution in [1.82, 2.24) is 4.90 Å². The van der Waals surface area contributed by atoms with Crippen LogP contribution in [0, 0.1) is 0 Å². The molecule has 0 unspecified atom stereocenters. The number of hydrogen-bond donors (Lipinski definition) is 0. The molecule has 1 nitrogen and oxygen atoms in total. The number of halogens is 7. The second-order valence-corrected chi connectivity index (χ2v) is 3.29. The molecule has 1 heterocycles. The summed E-state index contributed by atoms with van der Waals surface area (Å²) in [6.45, 7) is -8.43. The molecular weight excluding hydrogens is 257 g/mol. The van der Waals surface area contributed by atoms with Crippen molar-refractivity contribution >= 4 is 6.98 Å². The van der Waals surface area contributed by atoms with Crippen LogP contribution in [0.1, 0.15) is 0 Å². The van der Waals surface area contributed by atoms with Crippen LogP contribution in [0.3, 0.4) is 0 Å². The molecule has 1 saturated heterocycles. The van der Waals surface area contributed by atoms with Crippen molar-refractivity contribution in [3.63, 3.8) is 0 Å². The number of hydrogen-bond acceptors (Lipinski definition) is 1. The van der Waals surface area contributed by atoms with Crippen LogP contribution >= 0.6 is 0 Å². The molecule has 15 heavy (non-hydrogen) atoms. The van der Waals surface area contributed by atoms with E-state index in [9.17, 15) is 30.5 Å². The van der Waals surface area contributed by atoms with E-state index in [0.717, 1.165) is 0 Å². The maximum atomic E-state index is 12.4. The summed E-state index contributed by atoms with van der Waals surface area (Å²) in [5, 5.41) is 0. The van der Waals surface area contributed by atoms with Crippen LogP contribution in [-0.2, 0) is 0 Å². The molecule has 1 aliphatic rings. The standard InChI is InChI=1S/C5H6BF7N.K/c7-4(8)1-14(2-5(4,9)10)3-6(11,12)13;/h1-3H2;/q-1;+1. The predicted molar refractivity (Wildman–Crippen MR) is 35.4 cm³/mol. The van der Waals surface area contributed by atoms with Crippen LogP contribution in [0.5, 0.6) is 0 Å². The molecule has 0 radical (unpaired) electrons. The normalized spacial score (nSPS) is 25.0. The average Bonchev–Trinajstić information content (AvgIpc) is 1.94. The minimum Gasteiger partial charge on any atom is -0.448 e. The fraction of sp³-hybridized carbons (Fsp3) is 1.00. The third kappa shape index (κ3) is 4.15. The molecule has 0 saturated carbocycles. The van der Waals surface area contributed by atoms with Crippen molar-refractivity contribution in [2.45, 2.75) is 11.8 Å². The summed E-state index contributed by atoms with van der Waals surface area (Å²) in [5.41, 5.74) is 0. The molecule has 0 spiro atoms. The third-order valence-corrected chi connectivity index (χ3v) is 1.84. The van der Waals surface area contributed by atoms with Crippen molar-refractivity contribution < 1.29 is 81.9 Å². The maximum Gasteiger partial charge on any atom is 1.00 e. The Kier molecular flexibility index (Phi) is 5.18. The maximum absolute atomic E-state index is 12.4. The van der Waals surface area contributed by atoms with E-state index in [1.54, 1.807) is 0 Å². The summed E-state index contributed by atoms with van der Waals surface area (Å²) in [7, 11) is 0. The number of alkyl halides is 4. The van der Waals surface area contributed by atoms with Crippen molar-refractivity contribution in [3.8, 4) is 0 Å². The Morgan fingerprint density at radius 1 is 0.933 bits per heavy atom. The Hall–Kier alpha value is 1.17. The number of nitrogens with zero attached hydrogens (tertiary/aromatic N) is 1. The molecule has 1 aliphatic heterocycles. The zero-order chi connectivity index (χ0) is 11.2. The molecule has 0 amide bonds. The zero-order valence-electron chi connectivity index (χ0n) is 7.79. The fourth-order valence-electron chi connectivity index (χ4n) is 1.27. The molecule has 84 valence electrons. The predicted octanol–water partition coefficient (Wildman–Crippen LogP) is -1.04. The van der Waals surface area contributed by atoms with Crippen LogP contribution in [0.2, 0.25) is 0 Å². The van der Waals surface area contributed by atoms with Crippen LogP contribution < -0.4 is 51.4 Å². The molecule has 0 N–H and O–H groups in total. The Bertz CT molecular complexity index is 214. The van der Waals surface area contributed by atoms with Gasteiger partial charge in [0, 0.05) is 0 Å². The molecule has 0 aromatic rings. The topological polar surface area (TPSA) is 3.24 Å². The van der Waals surface area contributed by atoms with Gasteiger partial charge in [0.25, 0.3) is 0 Å². The van der Waals surface area contributed by atoms with Crippen molar-refractivity contribution in [1.29, 1.82) is 0 Å². The Balaban J connectivity index is 0.00000196. The molecule has 1 rings (SSSR count).